The zero-order chi connectivity index (χ0) is 14.8. The highest BCUT2D eigenvalue weighted by Crippen LogP contribution is 2.33. The summed E-state index contributed by atoms with van der Waals surface area (Å²) in [4.78, 5) is 4.76. The van der Waals surface area contributed by atoms with E-state index in [9.17, 15) is 0 Å². The molecule has 4 heteroatoms. The average molecular weight is 315 g/mol. The lowest BCUT2D eigenvalue weighted by molar-refractivity contribution is 0.207. The van der Waals surface area contributed by atoms with E-state index in [0.29, 0.717) is 5.88 Å². The Morgan fingerprint density at radius 2 is 2.25 bits per heavy atom. The zero-order valence-corrected chi connectivity index (χ0v) is 14.7. The van der Waals surface area contributed by atoms with Gasteiger partial charge in [-0.3, -0.25) is 0 Å². The van der Waals surface area contributed by atoms with Crippen molar-refractivity contribution in [3.05, 3.63) is 16.1 Å². The third-order valence-corrected chi connectivity index (χ3v) is 5.64. The van der Waals surface area contributed by atoms with Gasteiger partial charge in [-0.05, 0) is 18.8 Å². The second-order valence-electron chi connectivity index (χ2n) is 7.35. The molecule has 1 aliphatic carbocycles. The minimum Gasteiger partial charge on any atom is -0.304 e. The van der Waals surface area contributed by atoms with Crippen LogP contribution in [-0.2, 0) is 12.0 Å². The Balaban J connectivity index is 1.98. The van der Waals surface area contributed by atoms with Crippen LogP contribution in [0.15, 0.2) is 5.38 Å². The summed E-state index contributed by atoms with van der Waals surface area (Å²) in [5, 5.41) is 7.08. The van der Waals surface area contributed by atoms with E-state index in [1.165, 1.54) is 36.4 Å². The summed E-state index contributed by atoms with van der Waals surface area (Å²) in [5.41, 5.74) is 1.45. The van der Waals surface area contributed by atoms with Gasteiger partial charge in [-0.25, -0.2) is 4.98 Å². The molecule has 1 heterocycles. The number of aromatic nitrogens is 1. The summed E-state index contributed by atoms with van der Waals surface area (Å²) in [5.74, 6) is 1.48. The number of nitrogens with zero attached hydrogens (tertiary/aromatic N) is 1. The van der Waals surface area contributed by atoms with E-state index in [1.54, 1.807) is 11.3 Å². The number of rotatable bonds is 4. The van der Waals surface area contributed by atoms with Gasteiger partial charge in [0, 0.05) is 28.8 Å². The van der Waals surface area contributed by atoms with E-state index in [4.69, 9.17) is 16.6 Å². The SMILES string of the molecule is CC1CCCC(CCl)(NCc2nc(C(C)(C)C)cs2)C1. The maximum atomic E-state index is 6.27. The minimum absolute atomic E-state index is 0.118. The lowest BCUT2D eigenvalue weighted by atomic mass is 9.77. The zero-order valence-electron chi connectivity index (χ0n) is 13.1. The van der Waals surface area contributed by atoms with Crippen LogP contribution in [0.2, 0.25) is 0 Å². The molecule has 1 fully saturated rings. The minimum atomic E-state index is 0.118. The standard InChI is InChI=1S/C16H27ClN2S/c1-12-6-5-7-16(8-12,11-17)18-9-14-19-13(10-20-14)15(2,3)4/h10,12,18H,5-9,11H2,1-4H3. The first-order valence-corrected chi connectivity index (χ1v) is 9.02. The first-order chi connectivity index (χ1) is 9.35. The molecule has 20 heavy (non-hydrogen) atoms. The van der Waals surface area contributed by atoms with Crippen molar-refractivity contribution in [3.8, 4) is 0 Å². The van der Waals surface area contributed by atoms with Crippen molar-refractivity contribution in [2.75, 3.05) is 5.88 Å². The first-order valence-electron chi connectivity index (χ1n) is 7.60. The van der Waals surface area contributed by atoms with Crippen LogP contribution >= 0.6 is 22.9 Å². The second-order valence-corrected chi connectivity index (χ2v) is 8.56. The Bertz CT molecular complexity index is 438. The van der Waals surface area contributed by atoms with Crippen molar-refractivity contribution in [2.45, 2.75) is 70.9 Å². The largest absolute Gasteiger partial charge is 0.304 e. The molecule has 2 unspecified atom stereocenters. The number of hydrogen-bond donors (Lipinski definition) is 1. The van der Waals surface area contributed by atoms with Crippen LogP contribution in [0.1, 0.15) is 64.1 Å². The fraction of sp³-hybridized carbons (Fsp3) is 0.812. The quantitative estimate of drug-likeness (QED) is 0.813. The molecule has 0 saturated heterocycles. The molecule has 1 aromatic rings. The van der Waals surface area contributed by atoms with Crippen molar-refractivity contribution in [2.24, 2.45) is 5.92 Å². The highest BCUT2D eigenvalue weighted by molar-refractivity contribution is 7.09. The molecule has 114 valence electrons. The van der Waals surface area contributed by atoms with Gasteiger partial charge in [-0.15, -0.1) is 22.9 Å². The predicted octanol–water partition coefficient (Wildman–Crippen LogP) is 4.72. The van der Waals surface area contributed by atoms with Crippen molar-refractivity contribution in [3.63, 3.8) is 0 Å². The summed E-state index contributed by atoms with van der Waals surface area (Å²) in [6.07, 6.45) is 5.00. The van der Waals surface area contributed by atoms with E-state index in [0.717, 1.165) is 12.5 Å². The molecule has 2 rings (SSSR count). The Morgan fingerprint density at radius 3 is 2.80 bits per heavy atom. The van der Waals surface area contributed by atoms with Gasteiger partial charge in [0.15, 0.2) is 0 Å². The Hall–Kier alpha value is -0.120. The highest BCUT2D eigenvalue weighted by atomic mass is 35.5. The van der Waals surface area contributed by atoms with Crippen molar-refractivity contribution in [1.82, 2.24) is 10.3 Å². The number of nitrogens with one attached hydrogen (secondary N) is 1. The number of thiazole rings is 1. The van der Waals surface area contributed by atoms with E-state index < -0.39 is 0 Å². The van der Waals surface area contributed by atoms with Gasteiger partial charge >= 0.3 is 0 Å². The Labute approximate surface area is 132 Å². The van der Waals surface area contributed by atoms with E-state index >= 15 is 0 Å². The van der Waals surface area contributed by atoms with Gasteiger partial charge in [0.2, 0.25) is 0 Å². The fourth-order valence-electron chi connectivity index (χ4n) is 2.99. The van der Waals surface area contributed by atoms with E-state index in [1.807, 2.05) is 0 Å². The first kappa shape index (κ1) is 16.3. The molecular formula is C16H27ClN2S. The maximum absolute atomic E-state index is 6.27. The second kappa shape index (κ2) is 6.33. The predicted molar refractivity (Wildman–Crippen MR) is 88.7 cm³/mol. The molecule has 1 N–H and O–H groups in total. The summed E-state index contributed by atoms with van der Waals surface area (Å²) >= 11 is 8.03. The lowest BCUT2D eigenvalue weighted by Crippen LogP contribution is -2.49. The van der Waals surface area contributed by atoms with Crippen molar-refractivity contribution in [1.29, 1.82) is 0 Å². The Kier molecular flexibility index (Phi) is 5.14. The van der Waals surface area contributed by atoms with Gasteiger partial charge in [-0.2, -0.15) is 0 Å². The van der Waals surface area contributed by atoms with Gasteiger partial charge in [0.1, 0.15) is 5.01 Å². The number of alkyl halides is 1. The fourth-order valence-corrected chi connectivity index (χ4v) is 4.29. The van der Waals surface area contributed by atoms with Crippen LogP contribution in [0.3, 0.4) is 0 Å². The van der Waals surface area contributed by atoms with Crippen LogP contribution < -0.4 is 5.32 Å². The lowest BCUT2D eigenvalue weighted by Gasteiger charge is -2.39. The number of hydrogen-bond acceptors (Lipinski definition) is 3. The molecule has 0 bridgehead atoms. The van der Waals surface area contributed by atoms with Crippen LogP contribution in [0, 0.1) is 5.92 Å². The molecule has 0 aliphatic heterocycles. The molecule has 0 amide bonds. The van der Waals surface area contributed by atoms with E-state index in [2.05, 4.69) is 38.4 Å². The van der Waals surface area contributed by atoms with Crippen LogP contribution in [0.4, 0.5) is 0 Å². The topological polar surface area (TPSA) is 24.9 Å². The molecule has 0 aromatic carbocycles. The highest BCUT2D eigenvalue weighted by Gasteiger charge is 2.33. The summed E-state index contributed by atoms with van der Waals surface area (Å²) in [6.45, 7) is 9.82. The van der Waals surface area contributed by atoms with Gasteiger partial charge in [0.05, 0.1) is 5.69 Å². The van der Waals surface area contributed by atoms with Gasteiger partial charge in [-0.1, -0.05) is 40.5 Å². The van der Waals surface area contributed by atoms with Crippen molar-refractivity contribution >= 4 is 22.9 Å². The molecule has 1 saturated carbocycles. The van der Waals surface area contributed by atoms with Crippen LogP contribution in [0.5, 0.6) is 0 Å². The monoisotopic (exact) mass is 314 g/mol. The molecule has 2 nitrogen and oxygen atoms in total. The van der Waals surface area contributed by atoms with Crippen LogP contribution in [-0.4, -0.2) is 16.4 Å². The summed E-state index contributed by atoms with van der Waals surface area (Å²) in [6, 6.07) is 0. The molecule has 1 aliphatic rings. The Morgan fingerprint density at radius 1 is 1.50 bits per heavy atom. The van der Waals surface area contributed by atoms with Crippen molar-refractivity contribution < 1.29 is 0 Å². The van der Waals surface area contributed by atoms with E-state index in [-0.39, 0.29) is 11.0 Å². The summed E-state index contributed by atoms with van der Waals surface area (Å²) in [7, 11) is 0. The van der Waals surface area contributed by atoms with Crippen LogP contribution in [0.25, 0.3) is 0 Å². The molecule has 2 atom stereocenters. The molecule has 0 spiro atoms. The van der Waals surface area contributed by atoms with Gasteiger partial charge < -0.3 is 5.32 Å². The maximum Gasteiger partial charge on any atom is 0.107 e. The van der Waals surface area contributed by atoms with Gasteiger partial charge in [0.25, 0.3) is 0 Å². The normalized spacial score (nSPS) is 27.8. The smallest absolute Gasteiger partial charge is 0.107 e. The third kappa shape index (κ3) is 3.96. The molecular weight excluding hydrogens is 288 g/mol. The third-order valence-electron chi connectivity index (χ3n) is 4.28. The summed E-state index contributed by atoms with van der Waals surface area (Å²) < 4.78 is 0. The molecule has 1 aromatic heterocycles. The number of halogens is 1. The average Bonchev–Trinajstić information content (AvgIpc) is 2.85. The molecule has 0 radical (unpaired) electrons.